The molecule has 0 spiro atoms. The van der Waals surface area contributed by atoms with Crippen LogP contribution in [0.1, 0.15) is 37.0 Å². The summed E-state index contributed by atoms with van der Waals surface area (Å²) in [6.07, 6.45) is 4.58. The molecular weight excluding hydrogens is 316 g/mol. The number of benzene rings is 1. The average molecular weight is 340 g/mol. The zero-order chi connectivity index (χ0) is 17.6. The van der Waals surface area contributed by atoms with Crippen LogP contribution in [-0.4, -0.2) is 11.8 Å². The highest BCUT2D eigenvalue weighted by Crippen LogP contribution is 2.30. The molecule has 2 N–H and O–H groups in total. The summed E-state index contributed by atoms with van der Waals surface area (Å²) in [5.41, 5.74) is 1.92. The molecule has 0 bridgehead atoms. The standard InChI is InChI=1S/C20H24N2O3/c1-14-5-2-3-7-18(14)22-20(24)16-10-8-15(9-11-16)19(23)21-13-17-6-4-12-25-17/h2-7,12,15-16H,8-11,13H2,1H3,(H,21,23)(H,22,24). The predicted molar refractivity (Wildman–Crippen MR) is 95.8 cm³/mol. The van der Waals surface area contributed by atoms with Crippen molar-refractivity contribution in [3.05, 3.63) is 54.0 Å². The maximum atomic E-state index is 12.5. The highest BCUT2D eigenvalue weighted by molar-refractivity contribution is 5.93. The van der Waals surface area contributed by atoms with Crippen LogP contribution in [0.15, 0.2) is 47.1 Å². The number of hydrogen-bond acceptors (Lipinski definition) is 3. The summed E-state index contributed by atoms with van der Waals surface area (Å²) >= 11 is 0. The van der Waals surface area contributed by atoms with E-state index in [0.29, 0.717) is 6.54 Å². The summed E-state index contributed by atoms with van der Waals surface area (Å²) in [6, 6.07) is 11.4. The Morgan fingerprint density at radius 2 is 1.68 bits per heavy atom. The first-order valence-corrected chi connectivity index (χ1v) is 8.80. The maximum Gasteiger partial charge on any atom is 0.227 e. The lowest BCUT2D eigenvalue weighted by molar-refractivity contribution is -0.128. The van der Waals surface area contributed by atoms with Crippen LogP contribution in [-0.2, 0) is 16.1 Å². The Morgan fingerprint density at radius 1 is 1.00 bits per heavy atom. The second-order valence-electron chi connectivity index (χ2n) is 6.65. The number of anilines is 1. The van der Waals surface area contributed by atoms with Crippen LogP contribution in [0.3, 0.4) is 0 Å². The molecule has 5 nitrogen and oxygen atoms in total. The van der Waals surface area contributed by atoms with Crippen molar-refractivity contribution in [1.82, 2.24) is 5.32 Å². The van der Waals surface area contributed by atoms with E-state index >= 15 is 0 Å². The molecule has 1 aliphatic rings. The largest absolute Gasteiger partial charge is 0.467 e. The van der Waals surface area contributed by atoms with E-state index in [0.717, 1.165) is 42.7 Å². The van der Waals surface area contributed by atoms with Crippen LogP contribution in [0.5, 0.6) is 0 Å². The lowest BCUT2D eigenvalue weighted by atomic mass is 9.81. The molecule has 1 heterocycles. The molecule has 5 heteroatoms. The highest BCUT2D eigenvalue weighted by atomic mass is 16.3. The van der Waals surface area contributed by atoms with Gasteiger partial charge in [-0.3, -0.25) is 9.59 Å². The van der Waals surface area contributed by atoms with Gasteiger partial charge in [-0.2, -0.15) is 0 Å². The molecule has 0 aliphatic heterocycles. The molecule has 1 aromatic carbocycles. The smallest absolute Gasteiger partial charge is 0.227 e. The monoisotopic (exact) mass is 340 g/mol. The quantitative estimate of drug-likeness (QED) is 0.873. The molecule has 1 aliphatic carbocycles. The van der Waals surface area contributed by atoms with Gasteiger partial charge in [-0.05, 0) is 56.4 Å². The first kappa shape index (κ1) is 17.3. The van der Waals surface area contributed by atoms with Crippen LogP contribution >= 0.6 is 0 Å². The predicted octanol–water partition coefficient (Wildman–Crippen LogP) is 3.65. The fraction of sp³-hybridized carbons (Fsp3) is 0.400. The summed E-state index contributed by atoms with van der Waals surface area (Å²) in [6.45, 7) is 2.40. The Kier molecular flexibility index (Phi) is 5.53. The second-order valence-corrected chi connectivity index (χ2v) is 6.65. The Bertz CT molecular complexity index is 716. The molecule has 25 heavy (non-hydrogen) atoms. The number of carbonyl (C=O) groups is 2. The van der Waals surface area contributed by atoms with E-state index < -0.39 is 0 Å². The number of amides is 2. The normalized spacial score (nSPS) is 20.0. The second kappa shape index (κ2) is 8.01. The third-order valence-electron chi connectivity index (χ3n) is 4.89. The van der Waals surface area contributed by atoms with Gasteiger partial charge in [-0.15, -0.1) is 0 Å². The van der Waals surface area contributed by atoms with Crippen LogP contribution < -0.4 is 10.6 Å². The van der Waals surface area contributed by atoms with Crippen molar-refractivity contribution in [3.63, 3.8) is 0 Å². The van der Waals surface area contributed by atoms with E-state index in [1.807, 2.05) is 37.3 Å². The third kappa shape index (κ3) is 4.50. The molecule has 1 fully saturated rings. The average Bonchev–Trinajstić information content (AvgIpc) is 3.15. The van der Waals surface area contributed by atoms with Gasteiger partial charge in [0.2, 0.25) is 11.8 Å². The number of furan rings is 1. The van der Waals surface area contributed by atoms with Gasteiger partial charge >= 0.3 is 0 Å². The summed E-state index contributed by atoms with van der Waals surface area (Å²) in [5.74, 6) is 0.823. The first-order valence-electron chi connectivity index (χ1n) is 8.80. The van der Waals surface area contributed by atoms with Crippen LogP contribution in [0.4, 0.5) is 5.69 Å². The van der Waals surface area contributed by atoms with E-state index in [-0.39, 0.29) is 23.7 Å². The first-order chi connectivity index (χ1) is 12.1. The molecule has 0 unspecified atom stereocenters. The molecule has 132 valence electrons. The third-order valence-corrected chi connectivity index (χ3v) is 4.89. The van der Waals surface area contributed by atoms with E-state index in [2.05, 4.69) is 10.6 Å². The molecule has 2 aromatic rings. The SMILES string of the molecule is Cc1ccccc1NC(=O)C1CCC(C(=O)NCc2ccco2)CC1. The number of carbonyl (C=O) groups excluding carboxylic acids is 2. The Labute approximate surface area is 147 Å². The summed E-state index contributed by atoms with van der Waals surface area (Å²) in [7, 11) is 0. The van der Waals surface area contributed by atoms with E-state index in [1.54, 1.807) is 12.3 Å². The topological polar surface area (TPSA) is 71.3 Å². The Balaban J connectivity index is 1.45. The molecule has 1 saturated carbocycles. The minimum Gasteiger partial charge on any atom is -0.467 e. The summed E-state index contributed by atoms with van der Waals surface area (Å²) in [5, 5.41) is 5.93. The summed E-state index contributed by atoms with van der Waals surface area (Å²) in [4.78, 5) is 24.7. The van der Waals surface area contributed by atoms with Gasteiger partial charge in [-0.25, -0.2) is 0 Å². The number of rotatable bonds is 5. The minimum atomic E-state index is -0.0197. The lowest BCUT2D eigenvalue weighted by Gasteiger charge is -2.27. The maximum absolute atomic E-state index is 12.5. The summed E-state index contributed by atoms with van der Waals surface area (Å²) < 4.78 is 5.22. The zero-order valence-electron chi connectivity index (χ0n) is 14.5. The molecule has 3 rings (SSSR count). The van der Waals surface area contributed by atoms with Crippen LogP contribution in [0, 0.1) is 18.8 Å². The van der Waals surface area contributed by atoms with Crippen molar-refractivity contribution in [1.29, 1.82) is 0 Å². The molecule has 1 aromatic heterocycles. The van der Waals surface area contributed by atoms with Crippen molar-refractivity contribution < 1.29 is 14.0 Å². The van der Waals surface area contributed by atoms with Crippen LogP contribution in [0.25, 0.3) is 0 Å². The van der Waals surface area contributed by atoms with Crippen LogP contribution in [0.2, 0.25) is 0 Å². The Morgan fingerprint density at radius 3 is 2.32 bits per heavy atom. The molecule has 0 radical (unpaired) electrons. The highest BCUT2D eigenvalue weighted by Gasteiger charge is 2.30. The molecule has 0 saturated heterocycles. The van der Waals surface area contributed by atoms with E-state index in [4.69, 9.17) is 4.42 Å². The fourth-order valence-electron chi connectivity index (χ4n) is 3.30. The van der Waals surface area contributed by atoms with E-state index in [1.165, 1.54) is 0 Å². The van der Waals surface area contributed by atoms with E-state index in [9.17, 15) is 9.59 Å². The molecule has 0 atom stereocenters. The van der Waals surface area contributed by atoms with Gasteiger partial charge in [0.15, 0.2) is 0 Å². The number of aryl methyl sites for hydroxylation is 1. The van der Waals surface area contributed by atoms with Crippen molar-refractivity contribution in [2.75, 3.05) is 5.32 Å². The molecular formula is C20H24N2O3. The molecule has 2 amide bonds. The number of para-hydroxylation sites is 1. The fourth-order valence-corrected chi connectivity index (χ4v) is 3.30. The van der Waals surface area contributed by atoms with Crippen molar-refractivity contribution in [2.45, 2.75) is 39.2 Å². The minimum absolute atomic E-state index is 0.0162. The van der Waals surface area contributed by atoms with Gasteiger partial charge in [0.25, 0.3) is 0 Å². The van der Waals surface area contributed by atoms with Crippen molar-refractivity contribution >= 4 is 17.5 Å². The van der Waals surface area contributed by atoms with Gasteiger partial charge in [0.05, 0.1) is 12.8 Å². The Hall–Kier alpha value is -2.56. The van der Waals surface area contributed by atoms with Gasteiger partial charge in [-0.1, -0.05) is 18.2 Å². The van der Waals surface area contributed by atoms with Gasteiger partial charge < -0.3 is 15.1 Å². The number of hydrogen-bond donors (Lipinski definition) is 2. The lowest BCUT2D eigenvalue weighted by Crippen LogP contribution is -2.35. The van der Waals surface area contributed by atoms with Crippen molar-refractivity contribution in [2.24, 2.45) is 11.8 Å². The van der Waals surface area contributed by atoms with Crippen molar-refractivity contribution in [3.8, 4) is 0 Å². The number of nitrogens with one attached hydrogen (secondary N) is 2. The van der Waals surface area contributed by atoms with Gasteiger partial charge in [0, 0.05) is 17.5 Å². The zero-order valence-corrected chi connectivity index (χ0v) is 14.5. The van der Waals surface area contributed by atoms with Gasteiger partial charge in [0.1, 0.15) is 5.76 Å².